The normalized spacial score (nSPS) is 14.0. The number of rotatable bonds is 2. The minimum absolute atomic E-state index is 0.233. The highest BCUT2D eigenvalue weighted by molar-refractivity contribution is 7.93. The van der Waals surface area contributed by atoms with Gasteiger partial charge in [-0.3, -0.25) is 0 Å². The number of hydrogen-bond acceptors (Lipinski definition) is 6. The Kier molecular flexibility index (Phi) is 11.7. The Hall–Kier alpha value is -0.150. The third-order valence-corrected chi connectivity index (χ3v) is 11.7. The summed E-state index contributed by atoms with van der Waals surface area (Å²) >= 11 is 0. The SMILES string of the molecule is CC(C)(C)S(C)(=O)=O.CC(C)S(=O)(=O)C(C)(C)C.CCS(=O)(=O)C(C)(C)C. The van der Waals surface area contributed by atoms with E-state index in [0.29, 0.717) is 0 Å². The molecule has 0 spiro atoms. The van der Waals surface area contributed by atoms with Gasteiger partial charge in [-0.2, -0.15) is 0 Å². The van der Waals surface area contributed by atoms with Crippen molar-refractivity contribution in [2.45, 2.75) is 103 Å². The summed E-state index contributed by atoms with van der Waals surface area (Å²) in [6, 6.07) is 0. The molecule has 0 aliphatic rings. The van der Waals surface area contributed by atoms with Crippen LogP contribution in [0.25, 0.3) is 0 Å². The summed E-state index contributed by atoms with van der Waals surface area (Å²) in [5, 5.41) is -0.271. The highest BCUT2D eigenvalue weighted by atomic mass is 32.2. The van der Waals surface area contributed by atoms with Gasteiger partial charge in [-0.25, -0.2) is 25.3 Å². The Morgan fingerprint density at radius 1 is 0.630 bits per heavy atom. The standard InChI is InChI=1S/C7H16O2S.C6H14O2S.C5H12O2S/c1-6(2)10(8,9)7(3,4)5;1-5-9(7,8)6(2,3)4;1-5(2,3)8(4,6)7/h6H,1-5H3;5H2,1-4H3;1-4H3. The van der Waals surface area contributed by atoms with Crippen molar-refractivity contribution in [1.29, 1.82) is 0 Å². The van der Waals surface area contributed by atoms with Crippen molar-refractivity contribution in [2.75, 3.05) is 12.0 Å². The molecule has 0 aliphatic heterocycles. The summed E-state index contributed by atoms with van der Waals surface area (Å²) in [5.41, 5.74) is 0. The average molecular weight is 451 g/mol. The first-order valence-corrected chi connectivity index (χ1v) is 14.0. The molecule has 0 aromatic carbocycles. The molecule has 0 fully saturated rings. The molecule has 0 unspecified atom stereocenters. The lowest BCUT2D eigenvalue weighted by Gasteiger charge is -2.21. The fourth-order valence-electron chi connectivity index (χ4n) is 1.14. The lowest BCUT2D eigenvalue weighted by atomic mass is 10.3. The van der Waals surface area contributed by atoms with Crippen molar-refractivity contribution < 1.29 is 25.3 Å². The Bertz CT molecular complexity index is 737. The van der Waals surface area contributed by atoms with Crippen LogP contribution in [0.5, 0.6) is 0 Å². The topological polar surface area (TPSA) is 102 Å². The molecule has 27 heavy (non-hydrogen) atoms. The van der Waals surface area contributed by atoms with Crippen LogP contribution in [0.4, 0.5) is 0 Å². The maximum atomic E-state index is 11.4. The molecule has 0 heterocycles. The lowest BCUT2D eigenvalue weighted by molar-refractivity contribution is 0.551. The van der Waals surface area contributed by atoms with Crippen LogP contribution in [-0.4, -0.2) is 56.8 Å². The molecule has 0 bridgehead atoms. The molecule has 6 nitrogen and oxygen atoms in total. The van der Waals surface area contributed by atoms with Crippen molar-refractivity contribution in [3.05, 3.63) is 0 Å². The van der Waals surface area contributed by atoms with E-state index in [4.69, 9.17) is 0 Å². The first kappa shape index (κ1) is 31.5. The quantitative estimate of drug-likeness (QED) is 0.636. The van der Waals surface area contributed by atoms with Crippen molar-refractivity contribution in [1.82, 2.24) is 0 Å². The fourth-order valence-corrected chi connectivity index (χ4v) is 3.42. The highest BCUT2D eigenvalue weighted by Crippen LogP contribution is 2.19. The molecule has 0 N–H and O–H groups in total. The van der Waals surface area contributed by atoms with Crippen LogP contribution in [0.1, 0.15) is 83.1 Å². The summed E-state index contributed by atoms with van der Waals surface area (Å²) in [7, 11) is -8.59. The summed E-state index contributed by atoms with van der Waals surface area (Å²) < 4.78 is 64.3. The molecular weight excluding hydrogens is 408 g/mol. The van der Waals surface area contributed by atoms with Crippen LogP contribution in [0.15, 0.2) is 0 Å². The zero-order chi connectivity index (χ0) is 23.3. The first-order chi connectivity index (χ1) is 11.3. The number of sulfone groups is 3. The second-order valence-electron chi connectivity index (χ2n) is 9.61. The van der Waals surface area contributed by atoms with E-state index in [1.165, 1.54) is 6.26 Å². The van der Waals surface area contributed by atoms with Crippen LogP contribution in [0.2, 0.25) is 0 Å². The van der Waals surface area contributed by atoms with E-state index in [1.54, 1.807) is 83.1 Å². The number of hydrogen-bond donors (Lipinski definition) is 0. The van der Waals surface area contributed by atoms with Gasteiger partial charge in [-0.1, -0.05) is 6.92 Å². The summed E-state index contributed by atoms with van der Waals surface area (Å²) in [6.45, 7) is 20.4. The van der Waals surface area contributed by atoms with E-state index in [0.717, 1.165) is 0 Å². The van der Waals surface area contributed by atoms with E-state index in [9.17, 15) is 25.3 Å². The Morgan fingerprint density at radius 3 is 0.889 bits per heavy atom. The summed E-state index contributed by atoms with van der Waals surface area (Å²) in [6.07, 6.45) is 1.24. The molecule has 0 saturated heterocycles. The van der Waals surface area contributed by atoms with E-state index < -0.39 is 43.8 Å². The van der Waals surface area contributed by atoms with Crippen LogP contribution < -0.4 is 0 Å². The van der Waals surface area contributed by atoms with Crippen molar-refractivity contribution in [2.24, 2.45) is 0 Å². The van der Waals surface area contributed by atoms with Crippen LogP contribution >= 0.6 is 0 Å². The monoisotopic (exact) mass is 450 g/mol. The second-order valence-corrected chi connectivity index (χ2v) is 18.7. The highest BCUT2D eigenvalue weighted by Gasteiger charge is 2.31. The molecule has 0 atom stereocenters. The lowest BCUT2D eigenvalue weighted by Crippen LogP contribution is -2.34. The molecular formula is C18H42O6S3. The van der Waals surface area contributed by atoms with Gasteiger partial charge in [0, 0.05) is 12.0 Å². The molecule has 0 amide bonds. The summed E-state index contributed by atoms with van der Waals surface area (Å²) in [4.78, 5) is 0. The maximum absolute atomic E-state index is 11.4. The van der Waals surface area contributed by atoms with Gasteiger partial charge in [0.2, 0.25) is 0 Å². The van der Waals surface area contributed by atoms with Crippen molar-refractivity contribution >= 4 is 29.5 Å². The predicted octanol–water partition coefficient (Wildman–Crippen LogP) is 3.66. The van der Waals surface area contributed by atoms with E-state index >= 15 is 0 Å². The van der Waals surface area contributed by atoms with Crippen molar-refractivity contribution in [3.8, 4) is 0 Å². The van der Waals surface area contributed by atoms with Gasteiger partial charge in [0.05, 0.1) is 19.5 Å². The third kappa shape index (κ3) is 11.4. The first-order valence-electron chi connectivity index (χ1n) is 8.91. The van der Waals surface area contributed by atoms with Gasteiger partial charge < -0.3 is 0 Å². The third-order valence-electron chi connectivity index (χ3n) is 3.90. The zero-order valence-corrected chi connectivity index (χ0v) is 21.9. The van der Waals surface area contributed by atoms with E-state index in [-0.39, 0.29) is 11.0 Å². The average Bonchev–Trinajstić information content (AvgIpc) is 2.34. The maximum Gasteiger partial charge on any atom is 0.157 e. The van der Waals surface area contributed by atoms with Gasteiger partial charge in [-0.05, 0) is 76.2 Å². The van der Waals surface area contributed by atoms with Crippen LogP contribution in [0, 0.1) is 0 Å². The van der Waals surface area contributed by atoms with Gasteiger partial charge in [0.25, 0.3) is 0 Å². The molecule has 0 radical (unpaired) electrons. The van der Waals surface area contributed by atoms with Gasteiger partial charge in [-0.15, -0.1) is 0 Å². The smallest absolute Gasteiger partial charge is 0.157 e. The Morgan fingerprint density at radius 2 is 0.889 bits per heavy atom. The van der Waals surface area contributed by atoms with Crippen molar-refractivity contribution in [3.63, 3.8) is 0 Å². The molecule has 0 saturated carbocycles. The van der Waals surface area contributed by atoms with Gasteiger partial charge in [0.15, 0.2) is 29.5 Å². The fraction of sp³-hybridized carbons (Fsp3) is 1.00. The Balaban J connectivity index is -0.000000322. The van der Waals surface area contributed by atoms with E-state index in [2.05, 4.69) is 0 Å². The zero-order valence-electron chi connectivity index (χ0n) is 19.5. The molecule has 0 aromatic heterocycles. The van der Waals surface area contributed by atoms with Gasteiger partial charge in [0.1, 0.15) is 0 Å². The largest absolute Gasteiger partial charge is 0.229 e. The molecule has 9 heteroatoms. The Labute approximate surface area is 169 Å². The van der Waals surface area contributed by atoms with Crippen LogP contribution in [0.3, 0.4) is 0 Å². The second kappa shape index (κ2) is 10.1. The minimum Gasteiger partial charge on any atom is -0.229 e. The van der Waals surface area contributed by atoms with Gasteiger partial charge >= 0.3 is 0 Å². The molecule has 0 aromatic rings. The predicted molar refractivity (Wildman–Crippen MR) is 118 cm³/mol. The minimum atomic E-state index is -2.91. The van der Waals surface area contributed by atoms with E-state index in [1.807, 2.05) is 0 Å². The molecule has 168 valence electrons. The van der Waals surface area contributed by atoms with Crippen LogP contribution in [-0.2, 0) is 29.5 Å². The summed E-state index contributed by atoms with van der Waals surface area (Å²) in [5.74, 6) is 0.233. The molecule has 0 aliphatic carbocycles. The molecule has 0 rings (SSSR count).